The Labute approximate surface area is 731 Å². The molecule has 0 unspecified atom stereocenters. The highest BCUT2D eigenvalue weighted by Gasteiger charge is 2.49. The lowest BCUT2D eigenvalue weighted by atomic mass is 9.68. The number of hydrogen-bond acceptors (Lipinski definition) is 8. The first-order valence-corrected chi connectivity index (χ1v) is 42.1. The Bertz CT molecular complexity index is 5340. The standard InChI is InChI=1S/C37H46F8O2.C35H23F11N2O2.C24H19F7O2/c1-2-3-4-5-23-6-8-24(9-7-23)25-10-14-27(15-11-25)36(42,43)46-29-18-19-31(32(38)20-29)26-12-16-28(17-13-26)37(44,45)47-30-21-33(39)35(41)34(40)22-30;1-2-3-4-5-18-16-47-33(48-17-18)20-6-8-23(25(36)11-20)19-7-9-24(26(37)10-19)34(43,44)49-21-12-27(38)31(28(39)13-21)35(45,46)50-22-14-29(40)32(42)30(41)15-22;1-2-3-16-4-6-18(7-5-16)23(28,29)33-21-14-10-19(11-15-21)24(30,31)32-20-12-8-17(9-13-20)22(25,26)27/h18-28H,2-17H2,1H3;6-17H,2-5H2,1H3;4-15H,2-3H2,1H3. The molecule has 0 spiro atoms. The molecule has 13 rings (SSSR count). The Balaban J connectivity index is 0.000000193. The van der Waals surface area contributed by atoms with Crippen molar-refractivity contribution in [2.75, 3.05) is 0 Å². The van der Waals surface area contributed by atoms with E-state index in [2.05, 4.69) is 42.8 Å². The molecule has 3 fully saturated rings. The molecule has 0 saturated heterocycles. The average Bonchev–Trinajstić information content (AvgIpc) is 0.767. The van der Waals surface area contributed by atoms with Crippen LogP contribution in [0.25, 0.3) is 22.5 Å². The Morgan fingerprint density at radius 2 is 0.731 bits per heavy atom. The summed E-state index contributed by atoms with van der Waals surface area (Å²) in [7, 11) is 0. The smallest absolute Gasteiger partial charge is 0.432 e. The van der Waals surface area contributed by atoms with Gasteiger partial charge >= 0.3 is 42.8 Å². The number of ether oxygens (including phenoxy) is 6. The SMILES string of the molecule is CCCCCC1CCC(C2CCC(C(F)(F)Oc3ccc(C4CCC(C(F)(F)Oc5cc(F)c(F)c(F)c5)CC4)c(F)c3)CC2)CC1.CCCCCc1cnc(-c2ccc(-c3ccc(C(F)(F)Oc4cc(F)c(C(F)(F)Oc5cc(F)c(F)c(F)c5)c(F)c4)c(F)c3)c(F)c2)nc1.CCCc1ccc(C(F)(F)Oc2ccc(C(F)(F)Oc3ccc(C(F)(F)F)cc3)cc2)cc1. The first-order valence-electron chi connectivity index (χ1n) is 42.1. The highest BCUT2D eigenvalue weighted by molar-refractivity contribution is 5.69. The number of aromatic nitrogens is 2. The van der Waals surface area contributed by atoms with Crippen molar-refractivity contribution in [3.8, 4) is 57.0 Å². The van der Waals surface area contributed by atoms with E-state index in [-0.39, 0.29) is 89.5 Å². The normalized spacial score (nSPS) is 17.7. The predicted octanol–water partition coefficient (Wildman–Crippen LogP) is 31.0. The van der Waals surface area contributed by atoms with Crippen molar-refractivity contribution >= 4 is 0 Å². The Morgan fingerprint density at radius 3 is 1.21 bits per heavy atom. The summed E-state index contributed by atoms with van der Waals surface area (Å²) in [5, 5.41) is 0. The molecule has 10 aromatic rings. The van der Waals surface area contributed by atoms with Gasteiger partial charge < -0.3 is 28.4 Å². The van der Waals surface area contributed by atoms with Crippen LogP contribution in [0.4, 0.5) is 114 Å². The summed E-state index contributed by atoms with van der Waals surface area (Å²) >= 11 is 0. The van der Waals surface area contributed by atoms with Gasteiger partial charge in [0.2, 0.25) is 0 Å². The maximum absolute atomic E-state index is 15.2. The number of alkyl halides is 15. The first kappa shape index (κ1) is 99.6. The predicted molar refractivity (Wildman–Crippen MR) is 429 cm³/mol. The zero-order valence-electron chi connectivity index (χ0n) is 69.9. The van der Waals surface area contributed by atoms with Crippen LogP contribution in [0.3, 0.4) is 0 Å². The number of halogens is 26. The number of unbranched alkanes of at least 4 members (excludes halogenated alkanes) is 4. The molecule has 9 aromatic carbocycles. The molecule has 700 valence electrons. The maximum atomic E-state index is 15.2. The molecule has 3 aliphatic carbocycles. The van der Waals surface area contributed by atoms with Gasteiger partial charge in [-0.2, -0.15) is 65.9 Å². The van der Waals surface area contributed by atoms with Crippen LogP contribution in [0.5, 0.6) is 34.5 Å². The van der Waals surface area contributed by atoms with E-state index >= 15 is 17.6 Å². The highest BCUT2D eigenvalue weighted by Crippen LogP contribution is 2.50. The van der Waals surface area contributed by atoms with Crippen molar-refractivity contribution in [3.63, 3.8) is 0 Å². The van der Waals surface area contributed by atoms with Gasteiger partial charge in [0, 0.05) is 66.0 Å². The van der Waals surface area contributed by atoms with Crippen molar-refractivity contribution in [1.29, 1.82) is 0 Å². The number of rotatable bonds is 32. The fourth-order valence-electron chi connectivity index (χ4n) is 16.2. The van der Waals surface area contributed by atoms with Gasteiger partial charge in [-0.05, 0) is 214 Å². The second-order valence-electron chi connectivity index (χ2n) is 32.3. The largest absolute Gasteiger partial charge is 0.432 e. The van der Waals surface area contributed by atoms with Gasteiger partial charge in [0.1, 0.15) is 69.1 Å². The summed E-state index contributed by atoms with van der Waals surface area (Å²) in [4.78, 5) is 8.50. The monoisotopic (exact) mass is 1860 g/mol. The fourth-order valence-corrected chi connectivity index (χ4v) is 16.2. The Morgan fingerprint density at radius 1 is 0.315 bits per heavy atom. The van der Waals surface area contributed by atoms with Crippen LogP contribution in [0.2, 0.25) is 0 Å². The van der Waals surface area contributed by atoms with Gasteiger partial charge in [0.15, 0.2) is 40.7 Å². The quantitative estimate of drug-likeness (QED) is 0.0234. The summed E-state index contributed by atoms with van der Waals surface area (Å²) in [6, 6.07) is 21.8. The molecule has 1 aromatic heterocycles. The zero-order chi connectivity index (χ0) is 94.4. The maximum Gasteiger partial charge on any atom is 0.432 e. The lowest BCUT2D eigenvalue weighted by Crippen LogP contribution is -2.38. The van der Waals surface area contributed by atoms with E-state index in [0.717, 1.165) is 123 Å². The summed E-state index contributed by atoms with van der Waals surface area (Å²) in [6.07, 6.45) is -7.94. The van der Waals surface area contributed by atoms with E-state index in [1.54, 1.807) is 24.5 Å². The van der Waals surface area contributed by atoms with Crippen molar-refractivity contribution in [2.45, 2.75) is 211 Å². The van der Waals surface area contributed by atoms with Crippen LogP contribution in [0, 0.1) is 93.6 Å². The average molecular weight is 1860 g/mol. The zero-order valence-corrected chi connectivity index (χ0v) is 69.9. The van der Waals surface area contributed by atoms with Gasteiger partial charge in [0.25, 0.3) is 0 Å². The van der Waals surface area contributed by atoms with Gasteiger partial charge in [-0.1, -0.05) is 115 Å². The van der Waals surface area contributed by atoms with E-state index in [9.17, 15) is 96.6 Å². The summed E-state index contributed by atoms with van der Waals surface area (Å²) in [5.41, 5.74) is -3.71. The number of aryl methyl sites for hydroxylation is 2. The van der Waals surface area contributed by atoms with Crippen LogP contribution in [0.15, 0.2) is 176 Å². The minimum atomic E-state index is -4.99. The molecule has 0 radical (unpaired) electrons. The molecule has 8 nitrogen and oxygen atoms in total. The highest BCUT2D eigenvalue weighted by atomic mass is 19.4. The molecule has 130 heavy (non-hydrogen) atoms. The van der Waals surface area contributed by atoms with Crippen molar-refractivity contribution in [2.24, 2.45) is 29.6 Å². The minimum absolute atomic E-state index is 0.0207. The van der Waals surface area contributed by atoms with Crippen molar-refractivity contribution in [3.05, 3.63) is 285 Å². The molecule has 0 aliphatic heterocycles. The first-order chi connectivity index (χ1) is 61.4. The van der Waals surface area contributed by atoms with Gasteiger partial charge in [-0.25, -0.2) is 58.3 Å². The second-order valence-corrected chi connectivity index (χ2v) is 32.3. The van der Waals surface area contributed by atoms with Crippen molar-refractivity contribution in [1.82, 2.24) is 9.97 Å². The molecule has 0 bridgehead atoms. The van der Waals surface area contributed by atoms with E-state index in [4.69, 9.17) is 9.47 Å². The summed E-state index contributed by atoms with van der Waals surface area (Å²) < 4.78 is 396. The minimum Gasteiger partial charge on any atom is -0.432 e. The molecule has 0 amide bonds. The second kappa shape index (κ2) is 42.5. The molecule has 3 aliphatic rings. The van der Waals surface area contributed by atoms with Gasteiger partial charge in [0.05, 0.1) is 34.1 Å². The van der Waals surface area contributed by atoms with Crippen LogP contribution in [-0.4, -0.2) is 22.2 Å². The molecule has 3 saturated carbocycles. The van der Waals surface area contributed by atoms with E-state index in [1.807, 2.05) is 6.92 Å². The Hall–Kier alpha value is -11.0. The molecular weight excluding hydrogens is 1770 g/mol. The number of nitrogens with zero attached hydrogens (tertiary/aromatic N) is 2. The third kappa shape index (κ3) is 25.8. The van der Waals surface area contributed by atoms with Gasteiger partial charge in [-0.3, -0.25) is 0 Å². The number of hydrogen-bond donors (Lipinski definition) is 0. The van der Waals surface area contributed by atoms with Crippen molar-refractivity contribution < 1.29 is 143 Å². The van der Waals surface area contributed by atoms with E-state index in [1.165, 1.54) is 87.8 Å². The Kier molecular flexibility index (Phi) is 32.6. The van der Waals surface area contributed by atoms with E-state index in [0.29, 0.717) is 66.6 Å². The third-order valence-corrected chi connectivity index (χ3v) is 23.1. The van der Waals surface area contributed by atoms with Crippen LogP contribution < -0.4 is 28.4 Å². The summed E-state index contributed by atoms with van der Waals surface area (Å²) in [6.45, 7) is 6.26. The van der Waals surface area contributed by atoms with E-state index < -0.39 is 170 Å². The third-order valence-electron chi connectivity index (χ3n) is 23.1. The topological polar surface area (TPSA) is 81.2 Å². The lowest BCUT2D eigenvalue weighted by Gasteiger charge is -2.39. The molecule has 0 atom stereocenters. The molecule has 1 heterocycles. The molecule has 34 heteroatoms. The van der Waals surface area contributed by atoms with Gasteiger partial charge in [-0.15, -0.1) is 0 Å². The van der Waals surface area contributed by atoms with Crippen LogP contribution >= 0.6 is 0 Å². The lowest BCUT2D eigenvalue weighted by molar-refractivity contribution is -0.224. The number of benzene rings is 9. The molecular formula is C96H88F26N2O6. The fraction of sp³-hybridized carbons (Fsp3) is 0.396. The molecule has 0 N–H and O–H groups in total. The van der Waals surface area contributed by atoms with Crippen LogP contribution in [-0.2, 0) is 43.5 Å². The van der Waals surface area contributed by atoms with Crippen LogP contribution in [0.1, 0.15) is 200 Å². The summed E-state index contributed by atoms with van der Waals surface area (Å²) in [5.74, 6) is -23.9.